The Balaban J connectivity index is 1.99. The third kappa shape index (κ3) is 4.43. The Kier molecular flexibility index (Phi) is 6.20. The molecule has 14 heavy (non-hydrogen) atoms. The molecule has 1 fully saturated rings. The fourth-order valence-electron chi connectivity index (χ4n) is 2.13. The first-order valence-corrected chi connectivity index (χ1v) is 6.29. The Hall–Kier alpha value is -0.0800. The third-order valence-electron chi connectivity index (χ3n) is 3.19. The first kappa shape index (κ1) is 12.0. The molecule has 1 N–H and O–H groups in total. The highest BCUT2D eigenvalue weighted by molar-refractivity contribution is 4.75. The largest absolute Gasteiger partial charge is 0.314 e. The molecule has 1 rings (SSSR count). The van der Waals surface area contributed by atoms with E-state index in [1.807, 2.05) is 0 Å². The monoisotopic (exact) mass is 198 g/mol. The van der Waals surface area contributed by atoms with E-state index in [2.05, 4.69) is 24.1 Å². The Bertz CT molecular complexity index is 136. The number of hydrogen-bond acceptors (Lipinski definition) is 2. The van der Waals surface area contributed by atoms with Gasteiger partial charge in [0.15, 0.2) is 0 Å². The summed E-state index contributed by atoms with van der Waals surface area (Å²) in [6.07, 6.45) is 7.01. The molecular formula is C12H26N2. The van der Waals surface area contributed by atoms with Gasteiger partial charge in [-0.3, -0.25) is 4.90 Å². The number of piperazine rings is 1. The summed E-state index contributed by atoms with van der Waals surface area (Å²) >= 11 is 0. The van der Waals surface area contributed by atoms with E-state index in [9.17, 15) is 0 Å². The van der Waals surface area contributed by atoms with Crippen LogP contribution < -0.4 is 5.32 Å². The first-order chi connectivity index (χ1) is 6.84. The van der Waals surface area contributed by atoms with Crippen molar-refractivity contribution in [2.45, 2.75) is 52.0 Å². The number of nitrogens with one attached hydrogen (secondary N) is 1. The maximum Gasteiger partial charge on any atom is 0.0192 e. The van der Waals surface area contributed by atoms with E-state index in [1.54, 1.807) is 0 Å². The highest BCUT2D eigenvalue weighted by atomic mass is 15.2. The van der Waals surface area contributed by atoms with E-state index < -0.39 is 0 Å². The van der Waals surface area contributed by atoms with Crippen LogP contribution in [-0.4, -0.2) is 37.1 Å². The molecule has 2 nitrogen and oxygen atoms in total. The minimum Gasteiger partial charge on any atom is -0.314 e. The van der Waals surface area contributed by atoms with E-state index in [-0.39, 0.29) is 0 Å². The van der Waals surface area contributed by atoms with Gasteiger partial charge in [0.05, 0.1) is 0 Å². The molecule has 84 valence electrons. The first-order valence-electron chi connectivity index (χ1n) is 6.29. The highest BCUT2D eigenvalue weighted by Crippen LogP contribution is 2.07. The molecule has 0 amide bonds. The zero-order valence-electron chi connectivity index (χ0n) is 9.89. The van der Waals surface area contributed by atoms with E-state index >= 15 is 0 Å². The summed E-state index contributed by atoms with van der Waals surface area (Å²) in [5.74, 6) is 0. The van der Waals surface area contributed by atoms with E-state index in [0.717, 1.165) is 6.04 Å². The lowest BCUT2D eigenvalue weighted by molar-refractivity contribution is 0.170. The normalized spacial score (nSPS) is 24.0. The van der Waals surface area contributed by atoms with Crippen LogP contribution in [0.25, 0.3) is 0 Å². The molecule has 1 heterocycles. The topological polar surface area (TPSA) is 15.3 Å². The number of hydrogen-bond donors (Lipinski definition) is 1. The van der Waals surface area contributed by atoms with Crippen LogP contribution in [0.1, 0.15) is 46.0 Å². The van der Waals surface area contributed by atoms with Gasteiger partial charge in [-0.15, -0.1) is 0 Å². The molecule has 0 spiro atoms. The van der Waals surface area contributed by atoms with Crippen LogP contribution in [0.4, 0.5) is 0 Å². The van der Waals surface area contributed by atoms with E-state index in [4.69, 9.17) is 0 Å². The Morgan fingerprint density at radius 3 is 2.71 bits per heavy atom. The lowest BCUT2D eigenvalue weighted by Crippen LogP contribution is -2.49. The second-order valence-corrected chi connectivity index (χ2v) is 4.50. The van der Waals surface area contributed by atoms with Gasteiger partial charge in [0.25, 0.3) is 0 Å². The minimum atomic E-state index is 0.745. The van der Waals surface area contributed by atoms with Gasteiger partial charge >= 0.3 is 0 Å². The number of unbranched alkanes of at least 4 members (excludes halogenated alkanes) is 4. The van der Waals surface area contributed by atoms with Crippen molar-refractivity contribution in [1.82, 2.24) is 10.2 Å². The minimum absolute atomic E-state index is 0.745. The van der Waals surface area contributed by atoms with Gasteiger partial charge in [0.1, 0.15) is 0 Å². The molecule has 0 bridgehead atoms. The highest BCUT2D eigenvalue weighted by Gasteiger charge is 2.16. The van der Waals surface area contributed by atoms with Crippen LogP contribution in [0.5, 0.6) is 0 Å². The van der Waals surface area contributed by atoms with Gasteiger partial charge in [-0.25, -0.2) is 0 Å². The molecule has 0 aliphatic carbocycles. The summed E-state index contributed by atoms with van der Waals surface area (Å²) in [7, 11) is 0. The lowest BCUT2D eigenvalue weighted by atomic mass is 10.1. The smallest absolute Gasteiger partial charge is 0.0192 e. The van der Waals surface area contributed by atoms with Crippen LogP contribution in [0.15, 0.2) is 0 Å². The van der Waals surface area contributed by atoms with Crippen molar-refractivity contribution < 1.29 is 0 Å². The predicted molar refractivity (Wildman–Crippen MR) is 62.7 cm³/mol. The quantitative estimate of drug-likeness (QED) is 0.659. The van der Waals surface area contributed by atoms with E-state index in [1.165, 1.54) is 58.3 Å². The SMILES string of the molecule is CCCCCCCN1CCNC[C@@H]1C. The second-order valence-electron chi connectivity index (χ2n) is 4.50. The van der Waals surface area contributed by atoms with Crippen molar-refractivity contribution in [3.05, 3.63) is 0 Å². The van der Waals surface area contributed by atoms with Crippen LogP contribution in [0.2, 0.25) is 0 Å². The van der Waals surface area contributed by atoms with Crippen molar-refractivity contribution in [3.63, 3.8) is 0 Å². The van der Waals surface area contributed by atoms with Crippen molar-refractivity contribution in [2.24, 2.45) is 0 Å². The molecule has 1 aliphatic heterocycles. The summed E-state index contributed by atoms with van der Waals surface area (Å²) in [4.78, 5) is 2.63. The van der Waals surface area contributed by atoms with Crippen LogP contribution >= 0.6 is 0 Å². The molecule has 2 heteroatoms. The van der Waals surface area contributed by atoms with Crippen LogP contribution in [-0.2, 0) is 0 Å². The molecule has 1 atom stereocenters. The summed E-state index contributed by atoms with van der Waals surface area (Å²) in [5, 5.41) is 3.43. The molecule has 0 aromatic heterocycles. The molecule has 0 aromatic carbocycles. The summed E-state index contributed by atoms with van der Waals surface area (Å²) in [6, 6.07) is 0.745. The average Bonchev–Trinajstić information content (AvgIpc) is 2.20. The van der Waals surface area contributed by atoms with Crippen molar-refractivity contribution in [3.8, 4) is 0 Å². The van der Waals surface area contributed by atoms with E-state index in [0.29, 0.717) is 0 Å². The van der Waals surface area contributed by atoms with Crippen LogP contribution in [0.3, 0.4) is 0 Å². The molecule has 1 aliphatic rings. The Labute approximate surface area is 89.1 Å². The zero-order valence-corrected chi connectivity index (χ0v) is 9.89. The van der Waals surface area contributed by atoms with Gasteiger partial charge in [-0.2, -0.15) is 0 Å². The summed E-state index contributed by atoms with van der Waals surface area (Å²) < 4.78 is 0. The number of rotatable bonds is 6. The molecule has 0 saturated carbocycles. The van der Waals surface area contributed by atoms with Gasteiger partial charge in [-0.05, 0) is 19.9 Å². The Morgan fingerprint density at radius 1 is 1.21 bits per heavy atom. The van der Waals surface area contributed by atoms with Crippen molar-refractivity contribution >= 4 is 0 Å². The molecular weight excluding hydrogens is 172 g/mol. The maximum absolute atomic E-state index is 3.43. The average molecular weight is 198 g/mol. The fraction of sp³-hybridized carbons (Fsp3) is 1.00. The number of nitrogens with zero attached hydrogens (tertiary/aromatic N) is 1. The second kappa shape index (κ2) is 7.24. The van der Waals surface area contributed by atoms with Crippen LogP contribution in [0, 0.1) is 0 Å². The fourth-order valence-corrected chi connectivity index (χ4v) is 2.13. The Morgan fingerprint density at radius 2 is 2.00 bits per heavy atom. The third-order valence-corrected chi connectivity index (χ3v) is 3.19. The molecule has 0 radical (unpaired) electrons. The standard InChI is InChI=1S/C12H26N2/c1-3-4-5-6-7-9-14-10-8-13-11-12(14)2/h12-13H,3-11H2,1-2H3/t12-/m0/s1. The lowest BCUT2D eigenvalue weighted by Gasteiger charge is -2.33. The molecule has 1 saturated heterocycles. The summed E-state index contributed by atoms with van der Waals surface area (Å²) in [6.45, 7) is 9.52. The van der Waals surface area contributed by atoms with Crippen molar-refractivity contribution in [1.29, 1.82) is 0 Å². The van der Waals surface area contributed by atoms with Crippen molar-refractivity contribution in [2.75, 3.05) is 26.2 Å². The maximum atomic E-state index is 3.43. The predicted octanol–water partition coefficient (Wildman–Crippen LogP) is 2.25. The van der Waals surface area contributed by atoms with Gasteiger partial charge in [0.2, 0.25) is 0 Å². The van der Waals surface area contributed by atoms with Gasteiger partial charge in [0, 0.05) is 25.7 Å². The molecule has 0 aromatic rings. The van der Waals surface area contributed by atoms with Gasteiger partial charge < -0.3 is 5.32 Å². The van der Waals surface area contributed by atoms with Gasteiger partial charge in [-0.1, -0.05) is 32.6 Å². The zero-order chi connectivity index (χ0) is 10.2. The summed E-state index contributed by atoms with van der Waals surface area (Å²) in [5.41, 5.74) is 0. The molecule has 0 unspecified atom stereocenters.